The van der Waals surface area contributed by atoms with Crippen LogP contribution in [0.4, 0.5) is 5.69 Å². The zero-order chi connectivity index (χ0) is 16.5. The number of rotatable bonds is 3. The largest absolute Gasteiger partial charge is 0.495 e. The third kappa shape index (κ3) is 3.71. The van der Waals surface area contributed by atoms with E-state index in [0.717, 1.165) is 0 Å². The van der Waals surface area contributed by atoms with Gasteiger partial charge >= 0.3 is 0 Å². The van der Waals surface area contributed by atoms with Crippen LogP contribution in [0.25, 0.3) is 0 Å². The van der Waals surface area contributed by atoms with Crippen LogP contribution in [-0.4, -0.2) is 31.0 Å². The second kappa shape index (κ2) is 6.16. The van der Waals surface area contributed by atoms with Crippen molar-refractivity contribution in [3.05, 3.63) is 23.2 Å². The molecular weight excluding hydrogens is 304 g/mol. The second-order valence-corrected chi connectivity index (χ2v) is 6.90. The van der Waals surface area contributed by atoms with E-state index in [1.165, 1.54) is 7.11 Å². The van der Waals surface area contributed by atoms with Gasteiger partial charge in [-0.05, 0) is 39.0 Å². The van der Waals surface area contributed by atoms with E-state index in [4.69, 9.17) is 16.3 Å². The number of benzene rings is 1. The van der Waals surface area contributed by atoms with E-state index in [-0.39, 0.29) is 29.7 Å². The Morgan fingerprint density at radius 3 is 2.68 bits per heavy atom. The summed E-state index contributed by atoms with van der Waals surface area (Å²) >= 11 is 6.01. The lowest BCUT2D eigenvalue weighted by Crippen LogP contribution is -2.44. The molecule has 1 aromatic rings. The number of amides is 2. The lowest BCUT2D eigenvalue weighted by Gasteiger charge is -2.23. The highest BCUT2D eigenvalue weighted by Gasteiger charge is 2.37. The molecule has 1 fully saturated rings. The number of nitrogens with zero attached hydrogens (tertiary/aromatic N) is 1. The number of carbonyl (C=O) groups excluding carboxylic acids is 2. The molecule has 1 N–H and O–H groups in total. The maximum absolute atomic E-state index is 12.3. The van der Waals surface area contributed by atoms with E-state index >= 15 is 0 Å². The van der Waals surface area contributed by atoms with Crippen LogP contribution in [0.15, 0.2) is 18.2 Å². The molecule has 1 heterocycles. The van der Waals surface area contributed by atoms with Gasteiger partial charge in [0, 0.05) is 23.5 Å². The van der Waals surface area contributed by atoms with Crippen LogP contribution < -0.4 is 15.0 Å². The Bertz CT molecular complexity index is 596. The maximum Gasteiger partial charge on any atom is 0.227 e. The van der Waals surface area contributed by atoms with Gasteiger partial charge in [0.15, 0.2) is 0 Å². The molecule has 6 heteroatoms. The van der Waals surface area contributed by atoms with Gasteiger partial charge in [0.1, 0.15) is 5.75 Å². The first-order valence-electron chi connectivity index (χ1n) is 7.17. The first-order chi connectivity index (χ1) is 10.2. The Labute approximate surface area is 135 Å². The van der Waals surface area contributed by atoms with Crippen molar-refractivity contribution < 1.29 is 14.3 Å². The molecule has 1 atom stereocenters. The average Bonchev–Trinajstić information content (AvgIpc) is 2.79. The number of ether oxygens (including phenoxy) is 1. The van der Waals surface area contributed by atoms with Crippen molar-refractivity contribution in [2.24, 2.45) is 5.92 Å². The Morgan fingerprint density at radius 2 is 2.09 bits per heavy atom. The lowest BCUT2D eigenvalue weighted by molar-refractivity contribution is -0.127. The molecule has 22 heavy (non-hydrogen) atoms. The molecule has 120 valence electrons. The van der Waals surface area contributed by atoms with Crippen LogP contribution in [0, 0.1) is 5.92 Å². The molecule has 1 unspecified atom stereocenters. The molecule has 1 saturated heterocycles. The second-order valence-electron chi connectivity index (χ2n) is 6.46. The minimum absolute atomic E-state index is 0.102. The highest BCUT2D eigenvalue weighted by molar-refractivity contribution is 6.31. The predicted molar refractivity (Wildman–Crippen MR) is 86.4 cm³/mol. The van der Waals surface area contributed by atoms with Crippen LogP contribution in [0.1, 0.15) is 27.2 Å². The van der Waals surface area contributed by atoms with Crippen molar-refractivity contribution in [3.8, 4) is 5.75 Å². The molecular formula is C16H21ClN2O3. The highest BCUT2D eigenvalue weighted by Crippen LogP contribution is 2.35. The van der Waals surface area contributed by atoms with Crippen LogP contribution in [0.3, 0.4) is 0 Å². The standard InChI is InChI=1S/C16H21ClN2O3/c1-16(2,3)18-15(21)10-7-14(20)19(9-10)12-8-11(17)5-6-13(12)22-4/h5-6,8,10H,7,9H2,1-4H3,(H,18,21). The summed E-state index contributed by atoms with van der Waals surface area (Å²) in [5.74, 6) is -0.0102. The van der Waals surface area contributed by atoms with Gasteiger partial charge in [0.2, 0.25) is 11.8 Å². The van der Waals surface area contributed by atoms with Crippen LogP contribution in [0.2, 0.25) is 5.02 Å². The van der Waals surface area contributed by atoms with Gasteiger partial charge in [-0.25, -0.2) is 0 Å². The summed E-state index contributed by atoms with van der Waals surface area (Å²) in [4.78, 5) is 26.1. The quantitative estimate of drug-likeness (QED) is 0.929. The fourth-order valence-electron chi connectivity index (χ4n) is 2.46. The summed E-state index contributed by atoms with van der Waals surface area (Å²) in [6, 6.07) is 5.10. The number of carbonyl (C=O) groups is 2. The van der Waals surface area contributed by atoms with Crippen molar-refractivity contribution >= 4 is 29.1 Å². The molecule has 5 nitrogen and oxygen atoms in total. The van der Waals surface area contributed by atoms with Crippen molar-refractivity contribution in [2.75, 3.05) is 18.6 Å². The van der Waals surface area contributed by atoms with Gasteiger partial charge in [-0.3, -0.25) is 9.59 Å². The summed E-state index contributed by atoms with van der Waals surface area (Å²) < 4.78 is 5.28. The monoisotopic (exact) mass is 324 g/mol. The average molecular weight is 325 g/mol. The third-order valence-corrected chi connectivity index (χ3v) is 3.66. The van der Waals surface area contributed by atoms with E-state index in [1.54, 1.807) is 23.1 Å². The summed E-state index contributed by atoms with van der Waals surface area (Å²) in [6.45, 7) is 6.08. The normalized spacial score (nSPS) is 18.5. The number of methoxy groups -OCH3 is 1. The third-order valence-electron chi connectivity index (χ3n) is 3.43. The van der Waals surface area contributed by atoms with Gasteiger partial charge in [-0.2, -0.15) is 0 Å². The molecule has 0 radical (unpaired) electrons. The minimum Gasteiger partial charge on any atom is -0.495 e. The topological polar surface area (TPSA) is 58.6 Å². The fraction of sp³-hybridized carbons (Fsp3) is 0.500. The SMILES string of the molecule is COc1ccc(Cl)cc1N1CC(C(=O)NC(C)(C)C)CC1=O. The molecule has 0 aliphatic carbocycles. The van der Waals surface area contributed by atoms with E-state index in [0.29, 0.717) is 23.0 Å². The number of halogens is 1. The molecule has 0 aromatic heterocycles. The lowest BCUT2D eigenvalue weighted by atomic mass is 10.0. The Morgan fingerprint density at radius 1 is 1.41 bits per heavy atom. The van der Waals surface area contributed by atoms with Gasteiger partial charge in [-0.15, -0.1) is 0 Å². The van der Waals surface area contributed by atoms with Crippen LogP contribution in [0.5, 0.6) is 5.75 Å². The van der Waals surface area contributed by atoms with Gasteiger partial charge in [0.05, 0.1) is 18.7 Å². The Balaban J connectivity index is 2.20. The van der Waals surface area contributed by atoms with E-state index in [2.05, 4.69) is 5.32 Å². The van der Waals surface area contributed by atoms with Crippen molar-refractivity contribution in [3.63, 3.8) is 0 Å². The fourth-order valence-corrected chi connectivity index (χ4v) is 2.63. The molecule has 2 rings (SSSR count). The summed E-state index contributed by atoms with van der Waals surface area (Å²) in [7, 11) is 1.54. The van der Waals surface area contributed by atoms with Gasteiger partial charge in [-0.1, -0.05) is 11.6 Å². The summed E-state index contributed by atoms with van der Waals surface area (Å²) in [6.07, 6.45) is 0.192. The molecule has 1 aliphatic heterocycles. The predicted octanol–water partition coefficient (Wildman–Crippen LogP) is 2.62. The first-order valence-corrected chi connectivity index (χ1v) is 7.55. The summed E-state index contributed by atoms with van der Waals surface area (Å²) in [5.41, 5.74) is 0.285. The molecule has 1 aromatic carbocycles. The minimum atomic E-state index is -0.365. The van der Waals surface area contributed by atoms with E-state index in [1.807, 2.05) is 20.8 Å². The number of anilines is 1. The zero-order valence-electron chi connectivity index (χ0n) is 13.3. The molecule has 2 amide bonds. The molecule has 0 saturated carbocycles. The van der Waals surface area contributed by atoms with Gasteiger partial charge in [0.25, 0.3) is 0 Å². The number of nitrogens with one attached hydrogen (secondary N) is 1. The first kappa shape index (κ1) is 16.6. The smallest absolute Gasteiger partial charge is 0.227 e. The van der Waals surface area contributed by atoms with Crippen molar-refractivity contribution in [1.29, 1.82) is 0 Å². The molecule has 1 aliphatic rings. The Hall–Kier alpha value is -1.75. The van der Waals surface area contributed by atoms with Crippen molar-refractivity contribution in [1.82, 2.24) is 5.32 Å². The van der Waals surface area contributed by atoms with Crippen LogP contribution in [-0.2, 0) is 9.59 Å². The summed E-state index contributed by atoms with van der Waals surface area (Å²) in [5, 5.41) is 3.44. The number of hydrogen-bond acceptors (Lipinski definition) is 3. The van der Waals surface area contributed by atoms with Gasteiger partial charge < -0.3 is 15.0 Å². The van der Waals surface area contributed by atoms with E-state index in [9.17, 15) is 9.59 Å². The van der Waals surface area contributed by atoms with Crippen molar-refractivity contribution in [2.45, 2.75) is 32.7 Å². The number of hydrogen-bond donors (Lipinski definition) is 1. The highest BCUT2D eigenvalue weighted by atomic mass is 35.5. The molecule has 0 bridgehead atoms. The maximum atomic E-state index is 12.3. The van der Waals surface area contributed by atoms with E-state index < -0.39 is 0 Å². The van der Waals surface area contributed by atoms with Crippen LogP contribution >= 0.6 is 11.6 Å². The molecule has 0 spiro atoms. The zero-order valence-corrected chi connectivity index (χ0v) is 14.0. The Kier molecular flexibility index (Phi) is 4.66.